The van der Waals surface area contributed by atoms with Gasteiger partial charge in [0.2, 0.25) is 0 Å². The Labute approximate surface area is 163 Å². The molecule has 0 spiro atoms. The first-order chi connectivity index (χ1) is 13.7. The molecule has 1 aliphatic heterocycles. The minimum absolute atomic E-state index is 0.0337. The van der Waals surface area contributed by atoms with Crippen LogP contribution in [0.25, 0.3) is 11.3 Å². The Morgan fingerprint density at radius 1 is 1.29 bits per heavy atom. The number of amides is 1. The number of likely N-dealkylation sites (tertiary alicyclic amines) is 1. The maximum absolute atomic E-state index is 13.2. The Bertz CT molecular complexity index is 970. The first-order valence-electron chi connectivity index (χ1n) is 9.48. The molecule has 1 unspecified atom stereocenters. The van der Waals surface area contributed by atoms with Crippen molar-refractivity contribution < 1.29 is 9.90 Å². The fraction of sp³-hybridized carbons (Fsp3) is 0.333. The second kappa shape index (κ2) is 7.90. The van der Waals surface area contributed by atoms with Crippen LogP contribution in [-0.4, -0.2) is 49.2 Å². The first-order valence-corrected chi connectivity index (χ1v) is 9.48. The molecule has 3 aromatic rings. The second-order valence-corrected chi connectivity index (χ2v) is 7.10. The number of aromatic nitrogens is 4. The number of hydrogen-bond donors (Lipinski definition) is 2. The number of aliphatic hydroxyl groups excluding tert-OH is 1. The van der Waals surface area contributed by atoms with E-state index in [0.29, 0.717) is 24.5 Å². The van der Waals surface area contributed by atoms with Crippen molar-refractivity contribution in [2.45, 2.75) is 32.3 Å². The number of carbonyl (C=O) groups excluding carboxylic acids is 1. The van der Waals surface area contributed by atoms with E-state index in [1.165, 1.54) is 0 Å². The molecular formula is C21H23N5O2. The van der Waals surface area contributed by atoms with Crippen LogP contribution in [0.1, 0.15) is 46.2 Å². The summed E-state index contributed by atoms with van der Waals surface area (Å²) in [4.78, 5) is 23.8. The Morgan fingerprint density at radius 3 is 2.89 bits per heavy atom. The van der Waals surface area contributed by atoms with Crippen molar-refractivity contribution in [3.63, 3.8) is 0 Å². The molecule has 1 atom stereocenters. The van der Waals surface area contributed by atoms with Crippen LogP contribution in [0.3, 0.4) is 0 Å². The Morgan fingerprint density at radius 2 is 2.11 bits per heavy atom. The molecule has 0 saturated carbocycles. The maximum atomic E-state index is 13.2. The van der Waals surface area contributed by atoms with Gasteiger partial charge in [0.1, 0.15) is 5.82 Å². The number of carbonyl (C=O) groups is 1. The number of nitrogens with zero attached hydrogens (tertiary/aromatic N) is 4. The highest BCUT2D eigenvalue weighted by molar-refractivity contribution is 5.99. The molecule has 0 bridgehead atoms. The zero-order valence-corrected chi connectivity index (χ0v) is 15.8. The van der Waals surface area contributed by atoms with Crippen LogP contribution in [0, 0.1) is 6.92 Å². The van der Waals surface area contributed by atoms with Gasteiger partial charge in [-0.15, -0.1) is 0 Å². The fourth-order valence-electron chi connectivity index (χ4n) is 3.82. The van der Waals surface area contributed by atoms with Gasteiger partial charge in [-0.3, -0.25) is 9.89 Å². The van der Waals surface area contributed by atoms with E-state index in [9.17, 15) is 9.90 Å². The summed E-state index contributed by atoms with van der Waals surface area (Å²) in [6, 6.07) is 9.74. The SMILES string of the molecule is Cc1ncc(CO)c(C2CCCN(C(=O)c3cn[nH]c3-c3ccccc3)C2)n1. The summed E-state index contributed by atoms with van der Waals surface area (Å²) < 4.78 is 0. The molecule has 3 heterocycles. The van der Waals surface area contributed by atoms with Crippen LogP contribution in [0.5, 0.6) is 0 Å². The van der Waals surface area contributed by atoms with Gasteiger partial charge in [0.25, 0.3) is 5.91 Å². The zero-order valence-electron chi connectivity index (χ0n) is 15.8. The molecule has 7 nitrogen and oxygen atoms in total. The summed E-state index contributed by atoms with van der Waals surface area (Å²) in [7, 11) is 0. The largest absolute Gasteiger partial charge is 0.392 e. The van der Waals surface area contributed by atoms with Crippen LogP contribution in [0.15, 0.2) is 42.7 Å². The molecule has 2 aromatic heterocycles. The van der Waals surface area contributed by atoms with E-state index >= 15 is 0 Å². The summed E-state index contributed by atoms with van der Waals surface area (Å²) >= 11 is 0. The van der Waals surface area contributed by atoms with E-state index in [-0.39, 0.29) is 18.4 Å². The molecule has 0 radical (unpaired) electrons. The number of nitrogens with one attached hydrogen (secondary N) is 1. The molecule has 1 aliphatic rings. The van der Waals surface area contributed by atoms with Crippen molar-refractivity contribution in [1.82, 2.24) is 25.1 Å². The average molecular weight is 377 g/mol. The van der Waals surface area contributed by atoms with E-state index in [2.05, 4.69) is 20.2 Å². The van der Waals surface area contributed by atoms with Crippen molar-refractivity contribution in [2.24, 2.45) is 0 Å². The van der Waals surface area contributed by atoms with Crippen molar-refractivity contribution in [3.05, 3.63) is 65.4 Å². The molecule has 2 N–H and O–H groups in total. The smallest absolute Gasteiger partial charge is 0.257 e. The minimum atomic E-state index is -0.0973. The predicted molar refractivity (Wildman–Crippen MR) is 105 cm³/mol. The summed E-state index contributed by atoms with van der Waals surface area (Å²) in [5.74, 6) is 0.735. The third-order valence-corrected chi connectivity index (χ3v) is 5.22. The monoisotopic (exact) mass is 377 g/mol. The zero-order chi connectivity index (χ0) is 19.5. The third kappa shape index (κ3) is 3.53. The highest BCUT2D eigenvalue weighted by Crippen LogP contribution is 2.30. The topological polar surface area (TPSA) is 95.0 Å². The Kier molecular flexibility index (Phi) is 5.16. The van der Waals surface area contributed by atoms with Gasteiger partial charge in [0.15, 0.2) is 0 Å². The number of piperidine rings is 1. The molecule has 1 amide bonds. The lowest BCUT2D eigenvalue weighted by molar-refractivity contribution is 0.0706. The lowest BCUT2D eigenvalue weighted by Crippen LogP contribution is -2.39. The number of H-pyrrole nitrogens is 1. The van der Waals surface area contributed by atoms with Crippen molar-refractivity contribution in [2.75, 3.05) is 13.1 Å². The molecule has 7 heteroatoms. The Hall–Kier alpha value is -3.06. The molecule has 1 fully saturated rings. The van der Waals surface area contributed by atoms with Gasteiger partial charge in [0, 0.05) is 36.3 Å². The Balaban J connectivity index is 1.59. The van der Waals surface area contributed by atoms with E-state index in [0.717, 1.165) is 35.4 Å². The quantitative estimate of drug-likeness (QED) is 0.729. The summed E-state index contributed by atoms with van der Waals surface area (Å²) in [6.07, 6.45) is 5.11. The maximum Gasteiger partial charge on any atom is 0.257 e. The third-order valence-electron chi connectivity index (χ3n) is 5.22. The normalized spacial score (nSPS) is 16.9. The minimum Gasteiger partial charge on any atom is -0.392 e. The predicted octanol–water partition coefficient (Wildman–Crippen LogP) is 2.69. The molecule has 28 heavy (non-hydrogen) atoms. The number of rotatable bonds is 4. The van der Waals surface area contributed by atoms with Crippen molar-refractivity contribution >= 4 is 5.91 Å². The summed E-state index contributed by atoms with van der Waals surface area (Å²) in [5, 5.41) is 16.7. The van der Waals surface area contributed by atoms with Crippen LogP contribution >= 0.6 is 0 Å². The lowest BCUT2D eigenvalue weighted by atomic mass is 9.91. The van der Waals surface area contributed by atoms with E-state index in [1.54, 1.807) is 12.4 Å². The van der Waals surface area contributed by atoms with E-state index < -0.39 is 0 Å². The highest BCUT2D eigenvalue weighted by atomic mass is 16.3. The van der Waals surface area contributed by atoms with Gasteiger partial charge in [-0.25, -0.2) is 9.97 Å². The van der Waals surface area contributed by atoms with Crippen LogP contribution in [-0.2, 0) is 6.61 Å². The van der Waals surface area contributed by atoms with Gasteiger partial charge in [-0.2, -0.15) is 5.10 Å². The molecule has 144 valence electrons. The summed E-state index contributed by atoms with van der Waals surface area (Å²) in [6.45, 7) is 3.02. The van der Waals surface area contributed by atoms with Crippen LogP contribution in [0.4, 0.5) is 0 Å². The first kappa shape index (κ1) is 18.3. The summed E-state index contributed by atoms with van der Waals surface area (Å²) in [5.41, 5.74) is 3.84. The van der Waals surface area contributed by atoms with Crippen molar-refractivity contribution in [1.29, 1.82) is 0 Å². The van der Waals surface area contributed by atoms with Gasteiger partial charge in [-0.05, 0) is 19.8 Å². The fourth-order valence-corrected chi connectivity index (χ4v) is 3.82. The molecule has 1 saturated heterocycles. The highest BCUT2D eigenvalue weighted by Gasteiger charge is 2.29. The van der Waals surface area contributed by atoms with E-state index in [1.807, 2.05) is 42.2 Å². The van der Waals surface area contributed by atoms with E-state index in [4.69, 9.17) is 0 Å². The average Bonchev–Trinajstić information content (AvgIpc) is 3.24. The number of benzene rings is 1. The van der Waals surface area contributed by atoms with Gasteiger partial charge in [-0.1, -0.05) is 30.3 Å². The lowest BCUT2D eigenvalue weighted by Gasteiger charge is -2.33. The number of hydrogen-bond acceptors (Lipinski definition) is 5. The standard InChI is InChI=1S/C21H23N5O2/c1-14-22-10-17(13-27)19(24-14)16-8-5-9-26(12-16)21(28)18-11-23-25-20(18)15-6-3-2-4-7-15/h2-4,6-7,10-11,16,27H,5,8-9,12-13H2,1H3,(H,23,25). The number of aliphatic hydroxyl groups is 1. The molecule has 4 rings (SSSR count). The number of aryl methyl sites for hydroxylation is 1. The van der Waals surface area contributed by atoms with Gasteiger partial charge in [0.05, 0.1) is 29.8 Å². The van der Waals surface area contributed by atoms with Crippen molar-refractivity contribution in [3.8, 4) is 11.3 Å². The molecular weight excluding hydrogens is 354 g/mol. The number of aromatic amines is 1. The second-order valence-electron chi connectivity index (χ2n) is 7.10. The van der Waals surface area contributed by atoms with Crippen LogP contribution in [0.2, 0.25) is 0 Å². The van der Waals surface area contributed by atoms with Gasteiger partial charge >= 0.3 is 0 Å². The van der Waals surface area contributed by atoms with Crippen LogP contribution < -0.4 is 0 Å². The molecule has 0 aliphatic carbocycles. The van der Waals surface area contributed by atoms with Gasteiger partial charge < -0.3 is 10.0 Å². The molecule has 1 aromatic carbocycles.